The monoisotopic (exact) mass is 610 g/mol. The highest BCUT2D eigenvalue weighted by atomic mass is 35.5. The maximum atomic E-state index is 12.5. The Kier molecular flexibility index (Phi) is 37.3. The summed E-state index contributed by atoms with van der Waals surface area (Å²) in [6, 6.07) is 0. The van der Waals surface area contributed by atoms with Crippen molar-refractivity contribution in [3.05, 3.63) is 0 Å². The second kappa shape index (κ2) is 36.3. The zero-order valence-electron chi connectivity index (χ0n) is 28.5. The number of hydrogen-bond donors (Lipinski definition) is 0. The summed E-state index contributed by atoms with van der Waals surface area (Å²) < 4.78 is 3.83. The molecule has 0 aliphatic heterocycles. The van der Waals surface area contributed by atoms with Crippen molar-refractivity contribution in [2.45, 2.75) is 219 Å². The van der Waals surface area contributed by atoms with E-state index in [-0.39, 0.29) is 29.7 Å². The molecule has 0 fully saturated rings. The lowest BCUT2D eigenvalue weighted by Gasteiger charge is -2.03. The zero-order valence-corrected chi connectivity index (χ0v) is 29.2. The summed E-state index contributed by atoms with van der Waals surface area (Å²) in [7, 11) is 0. The standard InChI is InChI=1S/C38H72NO2.ClH/c1-4-6-8-10-12-14-16-18-20-22-24-26-28-30-32-34-36(40)38(39-3)37(41)35-33-31-29-27-25-23-21-19-17-15-13-11-9-7-5-2;/h3-35H2,1-2H3;1H/q+1;/p-1. The average molecular weight is 610 g/mol. The molecule has 3 nitrogen and oxygen atoms in total. The molecule has 0 aromatic carbocycles. The third kappa shape index (κ3) is 30.5. The number of rotatable bonds is 34. The molecule has 0 heterocycles. The topological polar surface area (TPSA) is 48.2 Å². The first-order valence-corrected chi connectivity index (χ1v) is 18.6. The van der Waals surface area contributed by atoms with Gasteiger partial charge in [-0.25, -0.2) is 0 Å². The van der Waals surface area contributed by atoms with Crippen molar-refractivity contribution in [1.82, 2.24) is 4.67 Å². The first kappa shape index (κ1) is 43.2. The lowest BCUT2D eigenvalue weighted by Crippen LogP contribution is -3.00. The van der Waals surface area contributed by atoms with Gasteiger partial charge in [0.2, 0.25) is 11.6 Å². The van der Waals surface area contributed by atoms with Crippen LogP contribution in [0.3, 0.4) is 0 Å². The number of nitrogens with zero attached hydrogens (tertiary/aromatic N) is 1. The summed E-state index contributed by atoms with van der Waals surface area (Å²) in [5.41, 5.74) is 0.112. The Hall–Kier alpha value is -0.920. The minimum atomic E-state index is -0.0966. The van der Waals surface area contributed by atoms with Crippen molar-refractivity contribution in [2.75, 3.05) is 0 Å². The molecule has 0 rings (SSSR count). The molecule has 0 aromatic heterocycles. The molecule has 0 aromatic rings. The van der Waals surface area contributed by atoms with Crippen molar-refractivity contribution in [3.63, 3.8) is 0 Å². The van der Waals surface area contributed by atoms with E-state index in [9.17, 15) is 9.59 Å². The Morgan fingerprint density at radius 1 is 0.381 bits per heavy atom. The second-order valence-electron chi connectivity index (χ2n) is 12.8. The fourth-order valence-electron chi connectivity index (χ4n) is 5.88. The van der Waals surface area contributed by atoms with E-state index in [0.717, 1.165) is 25.7 Å². The van der Waals surface area contributed by atoms with Crippen molar-refractivity contribution in [2.24, 2.45) is 0 Å². The highest BCUT2D eigenvalue weighted by Crippen LogP contribution is 2.15. The predicted octanol–water partition coefficient (Wildman–Crippen LogP) is 8.86. The van der Waals surface area contributed by atoms with Crippen molar-refractivity contribution in [1.29, 1.82) is 0 Å². The minimum absolute atomic E-state index is 0. The third-order valence-electron chi connectivity index (χ3n) is 8.70. The highest BCUT2D eigenvalue weighted by molar-refractivity contribution is 6.65. The van der Waals surface area contributed by atoms with Gasteiger partial charge >= 0.3 is 5.71 Å². The third-order valence-corrected chi connectivity index (χ3v) is 8.70. The average Bonchev–Trinajstić information content (AvgIpc) is 2.97. The van der Waals surface area contributed by atoms with E-state index < -0.39 is 0 Å². The van der Waals surface area contributed by atoms with Crippen LogP contribution in [0.4, 0.5) is 0 Å². The van der Waals surface area contributed by atoms with Crippen LogP contribution in [-0.4, -0.2) is 24.0 Å². The van der Waals surface area contributed by atoms with Gasteiger partial charge in [-0.2, -0.15) is 0 Å². The molecule has 42 heavy (non-hydrogen) atoms. The van der Waals surface area contributed by atoms with E-state index in [2.05, 4.69) is 25.2 Å². The summed E-state index contributed by atoms with van der Waals surface area (Å²) in [5.74, 6) is -0.193. The van der Waals surface area contributed by atoms with Crippen LogP contribution in [-0.2, 0) is 9.59 Å². The number of Topliss-reactive ketones (excluding diaryl/α,β-unsaturated/α-hetero) is 2. The Balaban J connectivity index is 0. The number of carbonyl (C=O) groups is 2. The molecule has 0 unspecified atom stereocenters. The Labute approximate surface area is 269 Å². The number of unbranched alkanes of at least 4 members (excludes halogenated alkanes) is 28. The zero-order chi connectivity index (χ0) is 30.1. The maximum Gasteiger partial charge on any atom is 0.411 e. The SMILES string of the molecule is C=[N+]=C(C(=O)CCCCCCCCCCCCCCCCC)C(=O)CCCCCCCCCCCCCCCCC.[Cl-]. The summed E-state index contributed by atoms with van der Waals surface area (Å²) in [5, 5.41) is 0. The molecule has 0 saturated carbocycles. The smallest absolute Gasteiger partial charge is 0.411 e. The second-order valence-corrected chi connectivity index (χ2v) is 12.8. The molecule has 248 valence electrons. The van der Waals surface area contributed by atoms with Gasteiger partial charge in [-0.05, 0) is 12.8 Å². The van der Waals surface area contributed by atoms with E-state index in [1.165, 1.54) is 167 Å². The normalized spacial score (nSPS) is 10.8. The van der Waals surface area contributed by atoms with E-state index >= 15 is 0 Å². The molecule has 0 N–H and O–H groups in total. The summed E-state index contributed by atoms with van der Waals surface area (Å²) in [4.78, 5) is 25.0. The van der Waals surface area contributed by atoms with Gasteiger partial charge in [0.15, 0.2) is 0 Å². The van der Waals surface area contributed by atoms with Gasteiger partial charge in [0.25, 0.3) is 6.72 Å². The molecule has 0 bridgehead atoms. The Morgan fingerprint density at radius 3 is 0.762 bits per heavy atom. The van der Waals surface area contributed by atoms with Gasteiger partial charge < -0.3 is 12.4 Å². The number of ketones is 2. The highest BCUT2D eigenvalue weighted by Gasteiger charge is 2.28. The lowest BCUT2D eigenvalue weighted by molar-refractivity contribution is -0.117. The Bertz CT molecular complexity index is 593. The van der Waals surface area contributed by atoms with Gasteiger partial charge in [0.05, 0.1) is 0 Å². The minimum Gasteiger partial charge on any atom is -1.00 e. The van der Waals surface area contributed by atoms with Gasteiger partial charge in [-0.1, -0.05) is 198 Å². The van der Waals surface area contributed by atoms with Crippen LogP contribution in [0.5, 0.6) is 0 Å². The van der Waals surface area contributed by atoms with E-state index in [1.807, 2.05) is 0 Å². The van der Waals surface area contributed by atoms with Gasteiger partial charge in [-0.15, -0.1) is 0 Å². The van der Waals surface area contributed by atoms with E-state index in [0.29, 0.717) is 12.8 Å². The number of carbonyl (C=O) groups excluding carboxylic acids is 2. The van der Waals surface area contributed by atoms with Crippen LogP contribution < -0.4 is 17.1 Å². The molecule has 0 amide bonds. The van der Waals surface area contributed by atoms with Crippen LogP contribution in [0.1, 0.15) is 219 Å². The van der Waals surface area contributed by atoms with Crippen LogP contribution in [0.15, 0.2) is 0 Å². The first-order chi connectivity index (χ1) is 20.2. The van der Waals surface area contributed by atoms with Crippen LogP contribution in [0, 0.1) is 0 Å². The maximum absolute atomic E-state index is 12.5. The lowest BCUT2D eigenvalue weighted by atomic mass is 9.99. The molecule has 0 saturated heterocycles. The van der Waals surface area contributed by atoms with Gasteiger partial charge in [0, 0.05) is 12.8 Å². The largest absolute Gasteiger partial charge is 1.00 e. The molecular formula is C38H72ClNO2. The fourth-order valence-corrected chi connectivity index (χ4v) is 5.88. The molecule has 0 atom stereocenters. The van der Waals surface area contributed by atoms with Crippen molar-refractivity contribution >= 4 is 24.0 Å². The summed E-state index contributed by atoms with van der Waals surface area (Å²) in [6.45, 7) is 8.07. The van der Waals surface area contributed by atoms with Crippen LogP contribution >= 0.6 is 0 Å². The molecule has 0 spiro atoms. The summed E-state index contributed by atoms with van der Waals surface area (Å²) >= 11 is 0. The molecular weight excluding hydrogens is 538 g/mol. The fraction of sp³-hybridized carbons (Fsp3) is 0.895. The number of halogens is 1. The Morgan fingerprint density at radius 2 is 0.571 bits per heavy atom. The van der Waals surface area contributed by atoms with Crippen molar-refractivity contribution < 1.29 is 22.0 Å². The van der Waals surface area contributed by atoms with E-state index in [1.54, 1.807) is 0 Å². The molecule has 0 aliphatic rings. The quantitative estimate of drug-likeness (QED) is 0.0316. The first-order valence-electron chi connectivity index (χ1n) is 18.6. The van der Waals surface area contributed by atoms with E-state index in [4.69, 9.17) is 0 Å². The van der Waals surface area contributed by atoms with Gasteiger partial charge in [-0.3, -0.25) is 9.59 Å². The molecule has 0 radical (unpaired) electrons. The molecule has 0 aliphatic carbocycles. The van der Waals surface area contributed by atoms with Crippen LogP contribution in [0.25, 0.3) is 0 Å². The molecule has 4 heteroatoms. The summed E-state index contributed by atoms with van der Waals surface area (Å²) in [6.07, 6.45) is 40.1. The van der Waals surface area contributed by atoms with Crippen molar-refractivity contribution in [3.8, 4) is 0 Å². The van der Waals surface area contributed by atoms with Gasteiger partial charge in [0.1, 0.15) is 0 Å². The predicted molar refractivity (Wildman–Crippen MR) is 183 cm³/mol. The number of hydrogen-bond acceptors (Lipinski definition) is 2. The van der Waals surface area contributed by atoms with Crippen LogP contribution in [0.2, 0.25) is 0 Å².